The van der Waals surface area contributed by atoms with Crippen LogP contribution in [0.5, 0.6) is 11.5 Å². The van der Waals surface area contributed by atoms with E-state index in [-0.39, 0.29) is 11.6 Å². The molecule has 3 nitrogen and oxygen atoms in total. The third kappa shape index (κ3) is 3.12. The Balaban J connectivity index is 2.28. The van der Waals surface area contributed by atoms with Crippen LogP contribution in [-0.4, -0.2) is 5.84 Å². The Morgan fingerprint density at radius 2 is 2.00 bits per heavy atom. The number of halogens is 2. The van der Waals surface area contributed by atoms with Gasteiger partial charge in [-0.3, -0.25) is 5.41 Å². The van der Waals surface area contributed by atoms with E-state index in [2.05, 4.69) is 15.9 Å². The smallest absolute Gasteiger partial charge is 0.166 e. The van der Waals surface area contributed by atoms with Crippen LogP contribution >= 0.6 is 15.9 Å². The van der Waals surface area contributed by atoms with Crippen molar-refractivity contribution in [2.45, 2.75) is 6.92 Å². The average molecular weight is 323 g/mol. The van der Waals surface area contributed by atoms with Crippen molar-refractivity contribution in [3.05, 3.63) is 57.8 Å². The van der Waals surface area contributed by atoms with Gasteiger partial charge in [0.25, 0.3) is 0 Å². The van der Waals surface area contributed by atoms with Gasteiger partial charge in [-0.25, -0.2) is 4.39 Å². The van der Waals surface area contributed by atoms with Crippen molar-refractivity contribution < 1.29 is 9.13 Å². The topological polar surface area (TPSA) is 59.1 Å². The number of nitrogens with one attached hydrogen (secondary N) is 1. The molecule has 0 bridgehead atoms. The van der Waals surface area contributed by atoms with E-state index >= 15 is 0 Å². The Morgan fingerprint density at radius 3 is 2.58 bits per heavy atom. The SMILES string of the molecule is Cc1cc(Oc2ccc(C(=N)N)cc2F)ccc1Br. The number of hydrogen-bond donors (Lipinski definition) is 2. The van der Waals surface area contributed by atoms with Gasteiger partial charge in [0, 0.05) is 10.0 Å². The molecule has 98 valence electrons. The fourth-order valence-corrected chi connectivity index (χ4v) is 1.81. The summed E-state index contributed by atoms with van der Waals surface area (Å²) >= 11 is 3.39. The summed E-state index contributed by atoms with van der Waals surface area (Å²) in [5.41, 5.74) is 6.62. The number of nitrogens with two attached hydrogens (primary N) is 1. The standard InChI is InChI=1S/C14H12BrFN2O/c1-8-6-10(3-4-11(8)15)19-13-5-2-9(14(17)18)7-12(13)16/h2-7H,1H3,(H3,17,18). The van der Waals surface area contributed by atoms with Crippen LogP contribution in [0, 0.1) is 18.2 Å². The normalized spacial score (nSPS) is 10.3. The molecule has 2 rings (SSSR count). The molecule has 0 aromatic heterocycles. The molecule has 0 amide bonds. The van der Waals surface area contributed by atoms with Gasteiger partial charge >= 0.3 is 0 Å². The number of aryl methyl sites for hydroxylation is 1. The van der Waals surface area contributed by atoms with E-state index in [1.54, 1.807) is 12.1 Å². The van der Waals surface area contributed by atoms with Crippen molar-refractivity contribution in [2.24, 2.45) is 5.73 Å². The van der Waals surface area contributed by atoms with Gasteiger partial charge in [-0.15, -0.1) is 0 Å². The number of rotatable bonds is 3. The summed E-state index contributed by atoms with van der Waals surface area (Å²) in [7, 11) is 0. The summed E-state index contributed by atoms with van der Waals surface area (Å²) < 4.78 is 20.2. The monoisotopic (exact) mass is 322 g/mol. The van der Waals surface area contributed by atoms with Gasteiger partial charge in [0.1, 0.15) is 11.6 Å². The average Bonchev–Trinajstić information content (AvgIpc) is 2.36. The van der Waals surface area contributed by atoms with Gasteiger partial charge in [0.2, 0.25) is 0 Å². The minimum atomic E-state index is -0.548. The van der Waals surface area contributed by atoms with Crippen LogP contribution < -0.4 is 10.5 Å². The van der Waals surface area contributed by atoms with Gasteiger partial charge in [0.05, 0.1) is 0 Å². The van der Waals surface area contributed by atoms with Crippen molar-refractivity contribution in [3.8, 4) is 11.5 Å². The lowest BCUT2D eigenvalue weighted by Gasteiger charge is -2.09. The fraction of sp³-hybridized carbons (Fsp3) is 0.0714. The summed E-state index contributed by atoms with van der Waals surface area (Å²) in [5.74, 6) is -0.0693. The Labute approximate surface area is 118 Å². The molecule has 0 aliphatic heterocycles. The molecular formula is C14H12BrFN2O. The largest absolute Gasteiger partial charge is 0.454 e. The van der Waals surface area contributed by atoms with E-state index in [4.69, 9.17) is 15.9 Å². The van der Waals surface area contributed by atoms with E-state index in [0.717, 1.165) is 10.0 Å². The molecule has 5 heteroatoms. The molecule has 2 aromatic rings. The molecule has 0 fully saturated rings. The number of nitrogen functional groups attached to an aromatic ring is 1. The summed E-state index contributed by atoms with van der Waals surface area (Å²) in [5, 5.41) is 7.24. The van der Waals surface area contributed by atoms with Crippen molar-refractivity contribution in [2.75, 3.05) is 0 Å². The number of hydrogen-bond acceptors (Lipinski definition) is 2. The van der Waals surface area contributed by atoms with Gasteiger partial charge in [-0.2, -0.15) is 0 Å². The maximum Gasteiger partial charge on any atom is 0.166 e. The van der Waals surface area contributed by atoms with E-state index in [9.17, 15) is 4.39 Å². The number of ether oxygens (including phenoxy) is 1. The first-order valence-corrected chi connectivity index (χ1v) is 6.34. The Bertz CT molecular complexity index is 643. The Kier molecular flexibility index (Phi) is 3.85. The first-order valence-electron chi connectivity index (χ1n) is 5.55. The van der Waals surface area contributed by atoms with Crippen LogP contribution in [-0.2, 0) is 0 Å². The molecule has 0 heterocycles. The third-order valence-corrected chi connectivity index (χ3v) is 3.49. The zero-order chi connectivity index (χ0) is 14.0. The molecule has 0 spiro atoms. The molecule has 0 radical (unpaired) electrons. The second-order valence-corrected chi connectivity index (χ2v) is 4.93. The lowest BCUT2D eigenvalue weighted by Crippen LogP contribution is -2.11. The first kappa shape index (κ1) is 13.5. The van der Waals surface area contributed by atoms with Gasteiger partial charge in [0.15, 0.2) is 11.6 Å². The van der Waals surface area contributed by atoms with Crippen LogP contribution in [0.15, 0.2) is 40.9 Å². The van der Waals surface area contributed by atoms with Gasteiger partial charge in [-0.1, -0.05) is 15.9 Å². The molecule has 0 saturated carbocycles. The quantitative estimate of drug-likeness (QED) is 0.663. The molecule has 0 atom stereocenters. The Morgan fingerprint density at radius 1 is 1.26 bits per heavy atom. The predicted octanol–water partition coefficient (Wildman–Crippen LogP) is 3.97. The highest BCUT2D eigenvalue weighted by Crippen LogP contribution is 2.28. The maximum atomic E-state index is 13.8. The van der Waals surface area contributed by atoms with Crippen LogP contribution in [0.3, 0.4) is 0 Å². The first-order chi connectivity index (χ1) is 8.97. The van der Waals surface area contributed by atoms with Crippen LogP contribution in [0.1, 0.15) is 11.1 Å². The minimum Gasteiger partial charge on any atom is -0.454 e. The zero-order valence-electron chi connectivity index (χ0n) is 10.2. The highest BCUT2D eigenvalue weighted by atomic mass is 79.9. The van der Waals surface area contributed by atoms with Crippen molar-refractivity contribution >= 4 is 21.8 Å². The molecule has 0 aliphatic carbocycles. The molecule has 0 saturated heterocycles. The molecule has 19 heavy (non-hydrogen) atoms. The van der Waals surface area contributed by atoms with Crippen LogP contribution in [0.4, 0.5) is 4.39 Å². The summed E-state index contributed by atoms with van der Waals surface area (Å²) in [6, 6.07) is 9.59. The molecule has 2 aromatic carbocycles. The number of amidine groups is 1. The van der Waals surface area contributed by atoms with E-state index in [0.29, 0.717) is 11.3 Å². The van der Waals surface area contributed by atoms with Gasteiger partial charge < -0.3 is 10.5 Å². The Hall–Kier alpha value is -1.88. The second-order valence-electron chi connectivity index (χ2n) is 4.07. The van der Waals surface area contributed by atoms with E-state index in [1.807, 2.05) is 19.1 Å². The highest BCUT2D eigenvalue weighted by Gasteiger charge is 2.08. The lowest BCUT2D eigenvalue weighted by molar-refractivity contribution is 0.442. The summed E-state index contributed by atoms with van der Waals surface area (Å²) in [6.45, 7) is 1.92. The summed E-state index contributed by atoms with van der Waals surface area (Å²) in [4.78, 5) is 0. The van der Waals surface area contributed by atoms with Gasteiger partial charge in [-0.05, 0) is 48.9 Å². The number of benzene rings is 2. The molecule has 3 N–H and O–H groups in total. The van der Waals surface area contributed by atoms with Crippen LogP contribution in [0.2, 0.25) is 0 Å². The van der Waals surface area contributed by atoms with Crippen molar-refractivity contribution in [3.63, 3.8) is 0 Å². The molecular weight excluding hydrogens is 311 g/mol. The minimum absolute atomic E-state index is 0.103. The third-order valence-electron chi connectivity index (χ3n) is 2.60. The van der Waals surface area contributed by atoms with Crippen molar-refractivity contribution in [1.29, 1.82) is 5.41 Å². The van der Waals surface area contributed by atoms with Crippen LogP contribution in [0.25, 0.3) is 0 Å². The second kappa shape index (κ2) is 5.40. The maximum absolute atomic E-state index is 13.8. The summed E-state index contributed by atoms with van der Waals surface area (Å²) in [6.07, 6.45) is 0. The van der Waals surface area contributed by atoms with E-state index in [1.165, 1.54) is 12.1 Å². The molecule has 0 unspecified atom stereocenters. The predicted molar refractivity (Wildman–Crippen MR) is 76.4 cm³/mol. The zero-order valence-corrected chi connectivity index (χ0v) is 11.8. The fourth-order valence-electron chi connectivity index (χ4n) is 1.56. The van der Waals surface area contributed by atoms with Crippen molar-refractivity contribution in [1.82, 2.24) is 0 Å². The highest BCUT2D eigenvalue weighted by molar-refractivity contribution is 9.10. The van der Waals surface area contributed by atoms with E-state index < -0.39 is 5.82 Å². The molecule has 0 aliphatic rings. The lowest BCUT2D eigenvalue weighted by atomic mass is 10.2.